The Kier molecular flexibility index (Phi) is 8.76. The van der Waals surface area contributed by atoms with Gasteiger partial charge in [0.25, 0.3) is 12.9 Å². The number of hydrogen-bond donors (Lipinski definition) is 3. The third-order valence-corrected chi connectivity index (χ3v) is 2.64. The Hall–Kier alpha value is -2.29. The molecule has 2 atom stereocenters. The van der Waals surface area contributed by atoms with Crippen LogP contribution in [0.4, 0.5) is 38.2 Å². The second-order valence-corrected chi connectivity index (χ2v) is 4.56. The van der Waals surface area contributed by atoms with Gasteiger partial charge in [-0.3, -0.25) is 0 Å². The van der Waals surface area contributed by atoms with Gasteiger partial charge in [0.15, 0.2) is 0 Å². The molecule has 140 valence electrons. The van der Waals surface area contributed by atoms with Gasteiger partial charge in [-0.15, -0.1) is 0 Å². The molecule has 2 unspecified atom stereocenters. The van der Waals surface area contributed by atoms with Crippen LogP contribution in [0.5, 0.6) is 0 Å². The summed E-state index contributed by atoms with van der Waals surface area (Å²) in [7, 11) is 0. The SMILES string of the molecule is OCCC#Cc1nc(NC(CF)C(F)F)nc(NC(CF)C(F)F)n1. The molecule has 0 spiro atoms. The Balaban J connectivity index is 3.12. The lowest BCUT2D eigenvalue weighted by Gasteiger charge is -2.17. The maximum absolute atomic E-state index is 12.6. The molecule has 0 radical (unpaired) electrons. The smallest absolute Gasteiger partial charge is 0.261 e. The van der Waals surface area contributed by atoms with Crippen molar-refractivity contribution in [3.05, 3.63) is 5.82 Å². The number of aromatic nitrogens is 3. The zero-order valence-electron chi connectivity index (χ0n) is 12.7. The first-order valence-electron chi connectivity index (χ1n) is 6.98. The molecule has 12 heteroatoms. The van der Waals surface area contributed by atoms with E-state index < -0.39 is 50.2 Å². The average Bonchev–Trinajstić information content (AvgIpc) is 2.57. The highest BCUT2D eigenvalue weighted by Gasteiger charge is 2.24. The van der Waals surface area contributed by atoms with E-state index in [-0.39, 0.29) is 18.9 Å². The summed E-state index contributed by atoms with van der Waals surface area (Å²) in [6.07, 6.45) is -6.12. The normalized spacial score (nSPS) is 13.3. The highest BCUT2D eigenvalue weighted by molar-refractivity contribution is 5.40. The first-order valence-corrected chi connectivity index (χ1v) is 6.98. The van der Waals surface area contributed by atoms with Crippen molar-refractivity contribution in [3.8, 4) is 11.8 Å². The molecule has 0 amide bonds. The number of rotatable bonds is 9. The predicted octanol–water partition coefficient (Wildman–Crippen LogP) is 1.64. The van der Waals surface area contributed by atoms with E-state index in [1.165, 1.54) is 0 Å². The summed E-state index contributed by atoms with van der Waals surface area (Å²) in [5, 5.41) is 12.6. The van der Waals surface area contributed by atoms with Crippen LogP contribution in [-0.2, 0) is 0 Å². The maximum atomic E-state index is 12.6. The lowest BCUT2D eigenvalue weighted by Crippen LogP contribution is -2.33. The van der Waals surface area contributed by atoms with Gasteiger partial charge < -0.3 is 15.7 Å². The van der Waals surface area contributed by atoms with Crippen molar-refractivity contribution in [2.45, 2.75) is 31.4 Å². The lowest BCUT2D eigenvalue weighted by atomic mass is 10.3. The Morgan fingerprint density at radius 2 is 1.36 bits per heavy atom. The van der Waals surface area contributed by atoms with Crippen LogP contribution in [0.1, 0.15) is 12.2 Å². The molecular formula is C13H15F6N5O. The van der Waals surface area contributed by atoms with Gasteiger partial charge in [0.05, 0.1) is 6.61 Å². The molecule has 1 aromatic rings. The maximum Gasteiger partial charge on any atom is 0.261 e. The van der Waals surface area contributed by atoms with Gasteiger partial charge >= 0.3 is 0 Å². The third kappa shape index (κ3) is 7.00. The minimum absolute atomic E-state index is 0.0471. The Bertz CT molecular complexity index is 558. The topological polar surface area (TPSA) is 83.0 Å². The standard InChI is InChI=1S/C13H15F6N5O/c14-5-7(10(16)17)20-12-22-9(3-1-2-4-25)23-13(24-12)21-8(6-15)11(18)19/h7-8,10-11,25H,2,4-6H2,(H2,20,21,22,23,24). The van der Waals surface area contributed by atoms with Crippen LogP contribution in [0.3, 0.4) is 0 Å². The molecule has 1 rings (SSSR count). The number of nitrogens with one attached hydrogen (secondary N) is 2. The second-order valence-electron chi connectivity index (χ2n) is 4.56. The number of aliphatic hydroxyl groups excluding tert-OH is 1. The van der Waals surface area contributed by atoms with Gasteiger partial charge in [-0.25, -0.2) is 26.3 Å². The zero-order chi connectivity index (χ0) is 18.8. The summed E-state index contributed by atoms with van der Waals surface area (Å²) in [5.74, 6) is 3.39. The van der Waals surface area contributed by atoms with Crippen LogP contribution < -0.4 is 10.6 Å². The van der Waals surface area contributed by atoms with Crippen LogP contribution >= 0.6 is 0 Å². The lowest BCUT2D eigenvalue weighted by molar-refractivity contribution is 0.112. The molecule has 1 aromatic heterocycles. The van der Waals surface area contributed by atoms with Crippen molar-refractivity contribution in [1.29, 1.82) is 0 Å². The number of anilines is 2. The highest BCUT2D eigenvalue weighted by Crippen LogP contribution is 2.13. The molecule has 6 nitrogen and oxygen atoms in total. The van der Waals surface area contributed by atoms with E-state index in [0.29, 0.717) is 0 Å². The molecule has 0 aliphatic rings. The Morgan fingerprint density at radius 3 is 1.72 bits per heavy atom. The molecule has 25 heavy (non-hydrogen) atoms. The number of alkyl halides is 6. The van der Waals surface area contributed by atoms with Crippen LogP contribution in [-0.4, -0.2) is 64.9 Å². The van der Waals surface area contributed by atoms with Gasteiger partial charge in [-0.1, -0.05) is 5.92 Å². The van der Waals surface area contributed by atoms with Crippen LogP contribution in [0, 0.1) is 11.8 Å². The van der Waals surface area contributed by atoms with Crippen LogP contribution in [0.2, 0.25) is 0 Å². The molecule has 0 bridgehead atoms. The van der Waals surface area contributed by atoms with Crippen LogP contribution in [0.15, 0.2) is 0 Å². The van der Waals surface area contributed by atoms with E-state index in [1.807, 2.05) is 10.6 Å². The fourth-order valence-electron chi connectivity index (χ4n) is 1.43. The van der Waals surface area contributed by atoms with Gasteiger partial charge in [-0.05, 0) is 5.92 Å². The quantitative estimate of drug-likeness (QED) is 0.452. The summed E-state index contributed by atoms with van der Waals surface area (Å²) in [6.45, 7) is -3.15. The van der Waals surface area contributed by atoms with E-state index >= 15 is 0 Å². The molecule has 0 fully saturated rings. The molecule has 0 saturated heterocycles. The first-order chi connectivity index (χ1) is 11.9. The highest BCUT2D eigenvalue weighted by atomic mass is 19.3. The van der Waals surface area contributed by atoms with Crippen molar-refractivity contribution < 1.29 is 31.4 Å². The van der Waals surface area contributed by atoms with E-state index in [1.54, 1.807) is 0 Å². The van der Waals surface area contributed by atoms with Gasteiger partial charge in [0, 0.05) is 6.42 Å². The summed E-state index contributed by atoms with van der Waals surface area (Å²) in [4.78, 5) is 10.8. The van der Waals surface area contributed by atoms with Crippen molar-refractivity contribution in [3.63, 3.8) is 0 Å². The number of halogens is 6. The minimum Gasteiger partial charge on any atom is -0.395 e. The van der Waals surface area contributed by atoms with E-state index in [4.69, 9.17) is 5.11 Å². The van der Waals surface area contributed by atoms with Gasteiger partial charge in [-0.2, -0.15) is 15.0 Å². The summed E-state index contributed by atoms with van der Waals surface area (Å²) < 4.78 is 75.6. The molecule has 3 N–H and O–H groups in total. The molecule has 1 heterocycles. The predicted molar refractivity (Wildman–Crippen MR) is 77.2 cm³/mol. The molecule has 0 aromatic carbocycles. The zero-order valence-corrected chi connectivity index (χ0v) is 12.7. The second kappa shape index (κ2) is 10.5. The van der Waals surface area contributed by atoms with Crippen molar-refractivity contribution in [2.24, 2.45) is 0 Å². The number of aliphatic hydroxyl groups is 1. The van der Waals surface area contributed by atoms with Crippen LogP contribution in [0.25, 0.3) is 0 Å². The number of hydrogen-bond acceptors (Lipinski definition) is 6. The Morgan fingerprint density at radius 1 is 0.880 bits per heavy atom. The molecule has 0 aliphatic carbocycles. The van der Waals surface area contributed by atoms with Crippen molar-refractivity contribution in [1.82, 2.24) is 15.0 Å². The monoisotopic (exact) mass is 371 g/mol. The summed E-state index contributed by atoms with van der Waals surface area (Å²) in [5.41, 5.74) is 0. The Labute approximate surface area is 139 Å². The fourth-order valence-corrected chi connectivity index (χ4v) is 1.43. The molecule has 0 saturated carbocycles. The van der Waals surface area contributed by atoms with Gasteiger partial charge in [0.1, 0.15) is 25.4 Å². The minimum atomic E-state index is -3.08. The molecule has 0 aliphatic heterocycles. The van der Waals surface area contributed by atoms with E-state index in [9.17, 15) is 26.3 Å². The summed E-state index contributed by atoms with van der Waals surface area (Å²) >= 11 is 0. The fraction of sp³-hybridized carbons (Fsp3) is 0.615. The van der Waals surface area contributed by atoms with Crippen molar-refractivity contribution in [2.75, 3.05) is 30.6 Å². The van der Waals surface area contributed by atoms with Gasteiger partial charge in [0.2, 0.25) is 17.7 Å². The first kappa shape index (κ1) is 20.8. The number of nitrogens with zero attached hydrogens (tertiary/aromatic N) is 3. The third-order valence-electron chi connectivity index (χ3n) is 2.64. The van der Waals surface area contributed by atoms with Crippen molar-refractivity contribution >= 4 is 11.9 Å². The van der Waals surface area contributed by atoms with E-state index in [2.05, 4.69) is 26.8 Å². The average molecular weight is 371 g/mol. The largest absolute Gasteiger partial charge is 0.395 e. The molecular weight excluding hydrogens is 356 g/mol. The van der Waals surface area contributed by atoms with E-state index in [0.717, 1.165) is 0 Å². The summed E-state index contributed by atoms with van der Waals surface area (Å²) in [6, 6.07) is -3.86.